The second kappa shape index (κ2) is 7.46. The molecule has 3 heteroatoms. The van der Waals surface area contributed by atoms with E-state index in [1.165, 1.54) is 9.13 Å². The molecule has 1 aromatic carbocycles. The average Bonchev–Trinajstić information content (AvgIpc) is 2.28. The van der Waals surface area contributed by atoms with Gasteiger partial charge in [-0.3, -0.25) is 0 Å². The minimum Gasteiger partial charge on any atom is -0.309 e. The van der Waals surface area contributed by atoms with Crippen LogP contribution in [0.3, 0.4) is 0 Å². The lowest BCUT2D eigenvalue weighted by Gasteiger charge is -2.29. The third kappa shape index (κ3) is 4.86. The summed E-state index contributed by atoms with van der Waals surface area (Å²) in [5.74, 6) is 0.663. The predicted octanol–water partition coefficient (Wildman–Crippen LogP) is 3.53. The van der Waals surface area contributed by atoms with Gasteiger partial charge in [0.2, 0.25) is 0 Å². The third-order valence-electron chi connectivity index (χ3n) is 3.44. The highest BCUT2D eigenvalue weighted by Gasteiger charge is 2.16. The van der Waals surface area contributed by atoms with Gasteiger partial charge in [0.15, 0.2) is 0 Å². The van der Waals surface area contributed by atoms with Crippen molar-refractivity contribution in [1.29, 1.82) is 0 Å². The molecule has 102 valence electrons. The van der Waals surface area contributed by atoms with Crippen LogP contribution in [0.2, 0.25) is 0 Å². The predicted molar refractivity (Wildman–Crippen MR) is 87.9 cm³/mol. The van der Waals surface area contributed by atoms with Crippen LogP contribution in [0.5, 0.6) is 0 Å². The van der Waals surface area contributed by atoms with Gasteiger partial charge in [0.05, 0.1) is 0 Å². The van der Waals surface area contributed by atoms with Gasteiger partial charge in [-0.05, 0) is 67.2 Å². The quantitative estimate of drug-likeness (QED) is 0.781. The zero-order valence-electron chi connectivity index (χ0n) is 12.1. The molecule has 1 N–H and O–H groups in total. The first kappa shape index (κ1) is 15.9. The molecule has 2 nitrogen and oxygen atoms in total. The molecule has 0 saturated carbocycles. The molecule has 0 aliphatic heterocycles. The summed E-state index contributed by atoms with van der Waals surface area (Å²) in [5, 5.41) is 3.64. The fourth-order valence-corrected chi connectivity index (χ4v) is 2.54. The smallest absolute Gasteiger partial charge is 0.0292 e. The molecule has 1 aromatic rings. The van der Waals surface area contributed by atoms with Crippen molar-refractivity contribution in [1.82, 2.24) is 10.2 Å². The van der Waals surface area contributed by atoms with Crippen LogP contribution in [-0.2, 0) is 0 Å². The molecule has 2 unspecified atom stereocenters. The maximum absolute atomic E-state index is 3.64. The van der Waals surface area contributed by atoms with E-state index in [1.54, 1.807) is 0 Å². The molecule has 0 bridgehead atoms. The van der Waals surface area contributed by atoms with Gasteiger partial charge in [0, 0.05) is 22.2 Å². The number of nitrogens with zero attached hydrogens (tertiary/aromatic N) is 1. The molecular weight excluding hydrogens is 335 g/mol. The Bertz CT molecular complexity index is 338. The first-order chi connectivity index (χ1) is 8.41. The van der Waals surface area contributed by atoms with Crippen LogP contribution < -0.4 is 5.32 Å². The van der Waals surface area contributed by atoms with Crippen LogP contribution in [0.1, 0.15) is 32.4 Å². The Morgan fingerprint density at radius 2 is 1.67 bits per heavy atom. The minimum atomic E-state index is 0.406. The van der Waals surface area contributed by atoms with E-state index in [0.717, 1.165) is 6.54 Å². The van der Waals surface area contributed by atoms with Gasteiger partial charge in [-0.2, -0.15) is 0 Å². The number of halogens is 1. The Balaban J connectivity index is 2.54. The number of hydrogen-bond acceptors (Lipinski definition) is 2. The van der Waals surface area contributed by atoms with Gasteiger partial charge in [-0.1, -0.05) is 26.0 Å². The summed E-state index contributed by atoms with van der Waals surface area (Å²) in [6.07, 6.45) is 0. The van der Waals surface area contributed by atoms with E-state index >= 15 is 0 Å². The molecule has 1 rings (SSSR count). The molecule has 0 aliphatic carbocycles. The standard InChI is InChI=1S/C15H25IN2/c1-11(2)15(18(4)5)10-17-12(3)13-6-8-14(16)9-7-13/h6-9,11-12,15,17H,10H2,1-5H3. The topological polar surface area (TPSA) is 15.3 Å². The van der Waals surface area contributed by atoms with Crippen LogP contribution in [0, 0.1) is 9.49 Å². The fraction of sp³-hybridized carbons (Fsp3) is 0.600. The van der Waals surface area contributed by atoms with Crippen molar-refractivity contribution in [2.75, 3.05) is 20.6 Å². The molecule has 0 aromatic heterocycles. The Morgan fingerprint density at radius 1 is 1.11 bits per heavy atom. The number of likely N-dealkylation sites (N-methyl/N-ethyl adjacent to an activating group) is 1. The van der Waals surface area contributed by atoms with Crippen molar-refractivity contribution in [2.24, 2.45) is 5.92 Å². The van der Waals surface area contributed by atoms with Gasteiger partial charge in [0.1, 0.15) is 0 Å². The molecule has 0 spiro atoms. The average molecular weight is 360 g/mol. The van der Waals surface area contributed by atoms with Crippen LogP contribution in [0.15, 0.2) is 24.3 Å². The van der Waals surface area contributed by atoms with Gasteiger partial charge in [-0.25, -0.2) is 0 Å². The summed E-state index contributed by atoms with van der Waals surface area (Å²) in [5.41, 5.74) is 1.36. The highest BCUT2D eigenvalue weighted by atomic mass is 127. The Hall–Kier alpha value is -0.130. The van der Waals surface area contributed by atoms with Crippen molar-refractivity contribution in [3.8, 4) is 0 Å². The van der Waals surface area contributed by atoms with E-state index in [-0.39, 0.29) is 0 Å². The van der Waals surface area contributed by atoms with Crippen LogP contribution >= 0.6 is 22.6 Å². The summed E-state index contributed by atoms with van der Waals surface area (Å²) in [4.78, 5) is 2.30. The number of hydrogen-bond donors (Lipinski definition) is 1. The highest BCUT2D eigenvalue weighted by molar-refractivity contribution is 14.1. The normalized spacial score (nSPS) is 15.1. The van der Waals surface area contributed by atoms with E-state index in [0.29, 0.717) is 18.0 Å². The monoisotopic (exact) mass is 360 g/mol. The number of rotatable bonds is 6. The first-order valence-electron chi connectivity index (χ1n) is 6.57. The Kier molecular flexibility index (Phi) is 6.60. The van der Waals surface area contributed by atoms with Crippen LogP contribution in [-0.4, -0.2) is 31.6 Å². The molecule has 0 heterocycles. The molecule has 0 amide bonds. The Labute approximate surface area is 125 Å². The SMILES string of the molecule is CC(NCC(C(C)C)N(C)C)c1ccc(I)cc1. The molecule has 0 aliphatic rings. The lowest BCUT2D eigenvalue weighted by Crippen LogP contribution is -2.42. The van der Waals surface area contributed by atoms with Crippen molar-refractivity contribution >= 4 is 22.6 Å². The zero-order valence-corrected chi connectivity index (χ0v) is 14.2. The molecular formula is C15H25IN2. The lowest BCUT2D eigenvalue weighted by molar-refractivity contribution is 0.220. The molecule has 0 fully saturated rings. The van der Waals surface area contributed by atoms with Crippen LogP contribution in [0.25, 0.3) is 0 Å². The van der Waals surface area contributed by atoms with Crippen molar-refractivity contribution in [2.45, 2.75) is 32.9 Å². The van der Waals surface area contributed by atoms with Crippen molar-refractivity contribution in [3.63, 3.8) is 0 Å². The van der Waals surface area contributed by atoms with Gasteiger partial charge >= 0.3 is 0 Å². The third-order valence-corrected chi connectivity index (χ3v) is 4.16. The summed E-state index contributed by atoms with van der Waals surface area (Å²) in [6, 6.07) is 9.73. The maximum Gasteiger partial charge on any atom is 0.0292 e. The minimum absolute atomic E-state index is 0.406. The van der Waals surface area contributed by atoms with Gasteiger partial charge in [0.25, 0.3) is 0 Å². The molecule has 0 radical (unpaired) electrons. The largest absolute Gasteiger partial charge is 0.309 e. The molecule has 0 saturated heterocycles. The van der Waals surface area contributed by atoms with Gasteiger partial charge in [-0.15, -0.1) is 0 Å². The number of benzene rings is 1. The van der Waals surface area contributed by atoms with Crippen LogP contribution in [0.4, 0.5) is 0 Å². The first-order valence-corrected chi connectivity index (χ1v) is 7.65. The summed E-state index contributed by atoms with van der Waals surface area (Å²) in [6.45, 7) is 7.82. The molecule has 18 heavy (non-hydrogen) atoms. The van der Waals surface area contributed by atoms with E-state index in [4.69, 9.17) is 0 Å². The number of nitrogens with one attached hydrogen (secondary N) is 1. The zero-order chi connectivity index (χ0) is 13.7. The van der Waals surface area contributed by atoms with Gasteiger partial charge < -0.3 is 10.2 Å². The maximum atomic E-state index is 3.64. The van der Waals surface area contributed by atoms with E-state index in [1.807, 2.05) is 0 Å². The van der Waals surface area contributed by atoms with E-state index < -0.39 is 0 Å². The second-order valence-corrected chi connectivity index (χ2v) is 6.70. The highest BCUT2D eigenvalue weighted by Crippen LogP contribution is 2.15. The van der Waals surface area contributed by atoms with E-state index in [2.05, 4.69) is 91.9 Å². The fourth-order valence-electron chi connectivity index (χ4n) is 2.18. The van der Waals surface area contributed by atoms with E-state index in [9.17, 15) is 0 Å². The van der Waals surface area contributed by atoms with Crippen molar-refractivity contribution in [3.05, 3.63) is 33.4 Å². The summed E-state index contributed by atoms with van der Waals surface area (Å²) < 4.78 is 1.29. The lowest BCUT2D eigenvalue weighted by atomic mass is 10.0. The molecule has 2 atom stereocenters. The summed E-state index contributed by atoms with van der Waals surface area (Å²) in [7, 11) is 4.31. The summed E-state index contributed by atoms with van der Waals surface area (Å²) >= 11 is 2.34. The van der Waals surface area contributed by atoms with Crippen molar-refractivity contribution < 1.29 is 0 Å². The Morgan fingerprint density at radius 3 is 2.11 bits per heavy atom. The second-order valence-electron chi connectivity index (χ2n) is 5.46.